The lowest BCUT2D eigenvalue weighted by Crippen LogP contribution is -2.07. The van der Waals surface area contributed by atoms with Gasteiger partial charge in [-0.1, -0.05) is 116 Å². The number of hydrogen-bond acceptors (Lipinski definition) is 0. The molecule has 0 nitrogen and oxygen atoms in total. The molecule has 0 N–H and O–H groups in total. The second-order valence-electron chi connectivity index (χ2n) is 11.2. The highest BCUT2D eigenvalue weighted by atomic mass is 35.5. The molecule has 0 fully saturated rings. The van der Waals surface area contributed by atoms with E-state index in [1.165, 1.54) is 146 Å². The summed E-state index contributed by atoms with van der Waals surface area (Å²) in [4.78, 5) is 0. The molecule has 0 aliphatic rings. The fourth-order valence-corrected chi connectivity index (χ4v) is 14.0. The average Bonchev–Trinajstić information content (AvgIpc) is 2.88. The van der Waals surface area contributed by atoms with E-state index in [2.05, 4.69) is 20.8 Å². The summed E-state index contributed by atoms with van der Waals surface area (Å²) in [7, 11) is 0.831. The molecule has 0 amide bonds. The summed E-state index contributed by atoms with van der Waals surface area (Å²) in [5.74, 6) is 0. The summed E-state index contributed by atoms with van der Waals surface area (Å²) in [6, 6.07) is 6.18. The van der Waals surface area contributed by atoms with Gasteiger partial charge in [-0.25, -0.2) is 0 Å². The molecule has 0 radical (unpaired) electrons. The van der Waals surface area contributed by atoms with Gasteiger partial charge in [0.15, 0.2) is 0 Å². The molecule has 1 aromatic carbocycles. The second-order valence-corrected chi connectivity index (χ2v) is 19.2. The topological polar surface area (TPSA) is 0 Å². The summed E-state index contributed by atoms with van der Waals surface area (Å²) in [6.45, 7) is 5.67. The molecule has 0 bridgehead atoms. The average molecular weight is 598 g/mol. The lowest BCUT2D eigenvalue weighted by atomic mass is 10.1. The summed E-state index contributed by atoms with van der Waals surface area (Å²) in [5.41, 5.74) is 0.410. The molecule has 1 atom stereocenters. The number of unbranched alkanes of at least 4 members (excludes halogenated alkanes) is 15. The minimum atomic E-state index is -4.25. The fraction of sp³-hybridized carbons (Fsp3) is 0.812. The third kappa shape index (κ3) is 18.5. The number of halogens is 4. The van der Waals surface area contributed by atoms with Crippen LogP contribution in [0.4, 0.5) is 13.2 Å². The molecule has 224 valence electrons. The molecule has 0 spiro atoms. The predicted molar refractivity (Wildman–Crippen MR) is 172 cm³/mol. The molecular formula is C32H59ClF3P2+. The van der Waals surface area contributed by atoms with E-state index < -0.39 is 18.7 Å². The molecule has 38 heavy (non-hydrogen) atoms. The molecule has 0 aliphatic heterocycles. The molecular weight excluding hydrogens is 539 g/mol. The fourth-order valence-electron chi connectivity index (χ4n) is 5.27. The number of benzene rings is 1. The predicted octanol–water partition coefficient (Wildman–Crippen LogP) is 13.3. The van der Waals surface area contributed by atoms with Crippen molar-refractivity contribution < 1.29 is 13.2 Å². The molecule has 0 saturated carbocycles. The Bertz CT molecular complexity index is 626. The number of rotatable bonds is 24. The molecule has 6 heteroatoms. The minimum absolute atomic E-state index is 0. The van der Waals surface area contributed by atoms with Crippen LogP contribution >= 0.6 is 27.6 Å². The van der Waals surface area contributed by atoms with Crippen molar-refractivity contribution in [2.45, 2.75) is 149 Å². The molecule has 0 aliphatic carbocycles. The van der Waals surface area contributed by atoms with Crippen LogP contribution in [0.2, 0.25) is 0 Å². The van der Waals surface area contributed by atoms with Crippen LogP contribution in [0.5, 0.6) is 0 Å². The van der Waals surface area contributed by atoms with Gasteiger partial charge in [-0.2, -0.15) is 13.2 Å². The van der Waals surface area contributed by atoms with Gasteiger partial charge in [0.1, 0.15) is 0 Å². The van der Waals surface area contributed by atoms with E-state index in [0.29, 0.717) is 0 Å². The van der Waals surface area contributed by atoms with Crippen molar-refractivity contribution in [2.75, 3.05) is 18.5 Å². The lowest BCUT2D eigenvalue weighted by molar-refractivity contribution is -0.137. The molecule has 0 aromatic heterocycles. The highest BCUT2D eigenvalue weighted by Gasteiger charge is 2.36. The summed E-state index contributed by atoms with van der Waals surface area (Å²) < 4.78 is 40.0. The smallest absolute Gasteiger partial charge is 0.166 e. The van der Waals surface area contributed by atoms with E-state index in [1.807, 2.05) is 6.07 Å². The highest BCUT2D eigenvalue weighted by Crippen LogP contribution is 2.76. The van der Waals surface area contributed by atoms with Gasteiger partial charge in [0, 0.05) is 21.4 Å². The van der Waals surface area contributed by atoms with Gasteiger partial charge >= 0.3 is 6.18 Å². The van der Waals surface area contributed by atoms with Gasteiger partial charge in [0.2, 0.25) is 0 Å². The lowest BCUT2D eigenvalue weighted by Gasteiger charge is -2.28. The molecule has 1 rings (SSSR count). The van der Waals surface area contributed by atoms with Gasteiger partial charge in [-0.05, 0) is 50.2 Å². The maximum absolute atomic E-state index is 13.3. The zero-order valence-electron chi connectivity index (χ0n) is 24.9. The monoisotopic (exact) mass is 597 g/mol. The highest BCUT2D eigenvalue weighted by molar-refractivity contribution is 8.31. The third-order valence-electron chi connectivity index (χ3n) is 7.69. The molecule has 1 unspecified atom stereocenters. The molecule has 0 heterocycles. The largest absolute Gasteiger partial charge is 0.416 e. The van der Waals surface area contributed by atoms with Crippen LogP contribution in [-0.4, -0.2) is 18.5 Å². The van der Waals surface area contributed by atoms with Gasteiger partial charge < -0.3 is 0 Å². The van der Waals surface area contributed by atoms with Crippen molar-refractivity contribution in [3.63, 3.8) is 0 Å². The van der Waals surface area contributed by atoms with Gasteiger partial charge in [0.05, 0.1) is 24.0 Å². The van der Waals surface area contributed by atoms with Crippen molar-refractivity contribution >= 4 is 27.6 Å². The Morgan fingerprint density at radius 3 is 1.39 bits per heavy atom. The maximum Gasteiger partial charge on any atom is 0.416 e. The summed E-state index contributed by atoms with van der Waals surface area (Å²) in [5, 5.41) is 0. The SMILES string of the molecule is CCCCCCCC[P+](CCCCCCCC)(CCCCCCCC)PCc1cccc(C(F)(F)F)c1.Cl. The van der Waals surface area contributed by atoms with Gasteiger partial charge in [-0.3, -0.25) is 0 Å². The minimum Gasteiger partial charge on any atom is -0.166 e. The van der Waals surface area contributed by atoms with E-state index in [4.69, 9.17) is 0 Å². The first-order valence-corrected chi connectivity index (χ1v) is 20.0. The summed E-state index contributed by atoms with van der Waals surface area (Å²) >= 11 is 0. The van der Waals surface area contributed by atoms with Crippen LogP contribution in [0.1, 0.15) is 147 Å². The van der Waals surface area contributed by atoms with E-state index in [-0.39, 0.29) is 12.4 Å². The Hall–Kier alpha value is 0.160. The molecule has 1 aromatic rings. The van der Waals surface area contributed by atoms with E-state index in [9.17, 15) is 13.2 Å². The number of alkyl halides is 3. The Labute approximate surface area is 242 Å². The molecule has 0 saturated heterocycles. The quantitative estimate of drug-likeness (QED) is 0.0821. The van der Waals surface area contributed by atoms with Crippen LogP contribution in [0.25, 0.3) is 0 Å². The van der Waals surface area contributed by atoms with Crippen molar-refractivity contribution in [3.8, 4) is 0 Å². The van der Waals surface area contributed by atoms with Crippen molar-refractivity contribution in [3.05, 3.63) is 35.4 Å². The second kappa shape index (κ2) is 23.8. The van der Waals surface area contributed by atoms with Crippen LogP contribution < -0.4 is 0 Å². The first-order valence-electron chi connectivity index (χ1n) is 15.6. The van der Waals surface area contributed by atoms with E-state index in [1.54, 1.807) is 6.07 Å². The Kier molecular flexibility index (Phi) is 23.9. The van der Waals surface area contributed by atoms with Crippen molar-refractivity contribution in [1.82, 2.24) is 0 Å². The van der Waals surface area contributed by atoms with E-state index in [0.717, 1.165) is 20.0 Å². The Balaban J connectivity index is 0.0000137. The first-order chi connectivity index (χ1) is 17.9. The normalized spacial score (nSPS) is 12.4. The zero-order chi connectivity index (χ0) is 27.2. The third-order valence-corrected chi connectivity index (χ3v) is 16.9. The van der Waals surface area contributed by atoms with Crippen LogP contribution in [0.3, 0.4) is 0 Å². The van der Waals surface area contributed by atoms with Crippen molar-refractivity contribution in [1.29, 1.82) is 0 Å². The van der Waals surface area contributed by atoms with E-state index >= 15 is 0 Å². The van der Waals surface area contributed by atoms with Crippen molar-refractivity contribution in [2.24, 2.45) is 0 Å². The van der Waals surface area contributed by atoms with Crippen LogP contribution in [-0.2, 0) is 12.3 Å². The van der Waals surface area contributed by atoms with Gasteiger partial charge in [-0.15, -0.1) is 12.4 Å². The van der Waals surface area contributed by atoms with Crippen LogP contribution in [0, 0.1) is 0 Å². The Morgan fingerprint density at radius 2 is 1.00 bits per heavy atom. The maximum atomic E-state index is 13.3. The van der Waals surface area contributed by atoms with Crippen LogP contribution in [0.15, 0.2) is 24.3 Å². The number of hydrogen-bond donors (Lipinski definition) is 0. The Morgan fingerprint density at radius 1 is 0.605 bits per heavy atom. The first kappa shape index (κ1) is 38.2. The standard InChI is InChI=1S/C32H58F3P2.ClH/c1-4-7-10-13-16-19-25-37(26-20-17-14-11-8-5-2,27-21-18-15-12-9-6-3)36-29-30-23-22-24-31(28-30)32(33,34)35;/h22-24,28,36H,4-21,25-27,29H2,1-3H3;1H/q+1;. The van der Waals surface area contributed by atoms with Gasteiger partial charge in [0.25, 0.3) is 0 Å². The summed E-state index contributed by atoms with van der Waals surface area (Å²) in [6.07, 6.45) is 24.7. The zero-order valence-corrected chi connectivity index (χ0v) is 27.6.